The van der Waals surface area contributed by atoms with E-state index < -0.39 is 0 Å². The molecule has 0 fully saturated rings. The van der Waals surface area contributed by atoms with Crippen LogP contribution in [0.25, 0.3) is 0 Å². The van der Waals surface area contributed by atoms with E-state index in [-0.39, 0.29) is 11.5 Å². The Kier molecular flexibility index (Phi) is 3.42. The van der Waals surface area contributed by atoms with Gasteiger partial charge in [-0.15, -0.1) is 0 Å². The van der Waals surface area contributed by atoms with Crippen LogP contribution in [0.3, 0.4) is 0 Å². The van der Waals surface area contributed by atoms with Crippen molar-refractivity contribution in [3.8, 4) is 0 Å². The Hall–Kier alpha value is -1.38. The van der Waals surface area contributed by atoms with E-state index >= 15 is 0 Å². The average Bonchev–Trinajstić information content (AvgIpc) is 2.36. The third kappa shape index (κ3) is 2.14. The minimum Gasteiger partial charge on any atom is -0.385 e. The molecule has 1 aliphatic rings. The van der Waals surface area contributed by atoms with Crippen molar-refractivity contribution in [3.63, 3.8) is 0 Å². The molecule has 0 aromatic heterocycles. The number of hydrogen-bond acceptors (Lipinski definition) is 3. The lowest BCUT2D eigenvalue weighted by Crippen LogP contribution is -2.28. The first kappa shape index (κ1) is 13.1. The van der Waals surface area contributed by atoms with Crippen molar-refractivity contribution in [2.75, 3.05) is 11.9 Å². The SMILES string of the molecule is CCc1cc2c(cc1C(C)N=O)NCCC2(C)C. The van der Waals surface area contributed by atoms with Crippen LogP contribution in [0.1, 0.15) is 56.8 Å². The van der Waals surface area contributed by atoms with Crippen molar-refractivity contribution in [1.82, 2.24) is 0 Å². The molecule has 1 aliphatic heterocycles. The lowest BCUT2D eigenvalue weighted by atomic mass is 9.76. The highest BCUT2D eigenvalue weighted by atomic mass is 16.3. The number of benzene rings is 1. The summed E-state index contributed by atoms with van der Waals surface area (Å²) in [6, 6.07) is 4.12. The third-order valence-electron chi connectivity index (χ3n) is 4.06. The molecule has 0 saturated carbocycles. The molecule has 0 aliphatic carbocycles. The zero-order valence-electron chi connectivity index (χ0n) is 11.7. The molecule has 1 aromatic carbocycles. The Morgan fingerprint density at radius 1 is 1.44 bits per heavy atom. The molecule has 1 aromatic rings. The highest BCUT2D eigenvalue weighted by Gasteiger charge is 2.28. The van der Waals surface area contributed by atoms with Crippen LogP contribution in [-0.4, -0.2) is 6.54 Å². The van der Waals surface area contributed by atoms with Gasteiger partial charge in [-0.25, -0.2) is 0 Å². The molecule has 1 N–H and O–H groups in total. The van der Waals surface area contributed by atoms with Gasteiger partial charge in [-0.3, -0.25) is 0 Å². The summed E-state index contributed by atoms with van der Waals surface area (Å²) < 4.78 is 0. The van der Waals surface area contributed by atoms with Crippen LogP contribution in [-0.2, 0) is 11.8 Å². The van der Waals surface area contributed by atoms with E-state index in [2.05, 4.69) is 43.4 Å². The van der Waals surface area contributed by atoms with Gasteiger partial charge in [0.25, 0.3) is 0 Å². The predicted octanol–water partition coefficient (Wildman–Crippen LogP) is 4.17. The summed E-state index contributed by atoms with van der Waals surface area (Å²) in [5.74, 6) is 0. The summed E-state index contributed by atoms with van der Waals surface area (Å²) in [6.45, 7) is 9.56. The molecule has 98 valence electrons. The Bertz CT molecular complexity index is 466. The maximum Gasteiger partial charge on any atom is 0.114 e. The summed E-state index contributed by atoms with van der Waals surface area (Å²) in [4.78, 5) is 10.8. The maximum absolute atomic E-state index is 10.8. The summed E-state index contributed by atoms with van der Waals surface area (Å²) in [7, 11) is 0. The van der Waals surface area contributed by atoms with Gasteiger partial charge in [-0.05, 0) is 47.9 Å². The largest absolute Gasteiger partial charge is 0.385 e. The van der Waals surface area contributed by atoms with Crippen LogP contribution in [0.4, 0.5) is 5.69 Å². The van der Waals surface area contributed by atoms with Crippen molar-refractivity contribution in [2.45, 2.75) is 52.0 Å². The van der Waals surface area contributed by atoms with E-state index in [4.69, 9.17) is 0 Å². The van der Waals surface area contributed by atoms with Crippen LogP contribution in [0.2, 0.25) is 0 Å². The predicted molar refractivity (Wildman–Crippen MR) is 76.2 cm³/mol. The molecule has 1 atom stereocenters. The number of rotatable bonds is 3. The van der Waals surface area contributed by atoms with E-state index in [1.807, 2.05) is 6.92 Å². The zero-order chi connectivity index (χ0) is 13.3. The first-order valence-electron chi connectivity index (χ1n) is 6.73. The summed E-state index contributed by atoms with van der Waals surface area (Å²) >= 11 is 0. The molecule has 0 saturated heterocycles. The minimum atomic E-state index is -0.267. The van der Waals surface area contributed by atoms with Crippen LogP contribution in [0.15, 0.2) is 17.3 Å². The molecule has 0 spiro atoms. The summed E-state index contributed by atoms with van der Waals surface area (Å²) in [6.07, 6.45) is 2.09. The number of hydrogen-bond donors (Lipinski definition) is 1. The Morgan fingerprint density at radius 2 is 2.17 bits per heavy atom. The van der Waals surface area contributed by atoms with Gasteiger partial charge in [0.2, 0.25) is 0 Å². The Morgan fingerprint density at radius 3 is 2.78 bits per heavy atom. The molecule has 0 bridgehead atoms. The summed E-state index contributed by atoms with van der Waals surface area (Å²) in [5.41, 5.74) is 5.07. The first-order chi connectivity index (χ1) is 8.49. The molecule has 3 heteroatoms. The van der Waals surface area contributed by atoms with Gasteiger partial charge in [-0.1, -0.05) is 32.0 Å². The van der Waals surface area contributed by atoms with E-state index in [0.717, 1.165) is 24.9 Å². The smallest absolute Gasteiger partial charge is 0.114 e. The van der Waals surface area contributed by atoms with Crippen molar-refractivity contribution in [1.29, 1.82) is 0 Å². The molecule has 2 rings (SSSR count). The second-order valence-corrected chi connectivity index (χ2v) is 5.79. The molecule has 1 unspecified atom stereocenters. The number of anilines is 1. The number of nitrogens with zero attached hydrogens (tertiary/aromatic N) is 1. The van der Waals surface area contributed by atoms with Gasteiger partial charge in [0.15, 0.2) is 0 Å². The third-order valence-corrected chi connectivity index (χ3v) is 4.06. The lowest BCUT2D eigenvalue weighted by molar-refractivity contribution is 0.481. The van der Waals surface area contributed by atoms with Crippen molar-refractivity contribution in [3.05, 3.63) is 33.7 Å². The highest BCUT2D eigenvalue weighted by molar-refractivity contribution is 5.60. The number of fused-ring (bicyclic) bond motifs is 1. The van der Waals surface area contributed by atoms with Gasteiger partial charge in [0, 0.05) is 12.2 Å². The van der Waals surface area contributed by atoms with E-state index in [9.17, 15) is 4.91 Å². The van der Waals surface area contributed by atoms with E-state index in [1.54, 1.807) is 0 Å². The Balaban J connectivity index is 2.57. The Labute approximate surface area is 109 Å². The van der Waals surface area contributed by atoms with Gasteiger partial charge < -0.3 is 5.32 Å². The summed E-state index contributed by atoms with van der Waals surface area (Å²) in [5, 5.41) is 6.62. The second-order valence-electron chi connectivity index (χ2n) is 5.79. The fourth-order valence-electron chi connectivity index (χ4n) is 2.76. The van der Waals surface area contributed by atoms with Crippen LogP contribution >= 0.6 is 0 Å². The number of nitrogens with one attached hydrogen (secondary N) is 1. The molecular formula is C15H22N2O. The number of nitroso groups, excluding NO2 is 1. The van der Waals surface area contributed by atoms with Crippen molar-refractivity contribution < 1.29 is 0 Å². The van der Waals surface area contributed by atoms with Crippen LogP contribution < -0.4 is 5.32 Å². The van der Waals surface area contributed by atoms with Gasteiger partial charge in [-0.2, -0.15) is 4.91 Å². The van der Waals surface area contributed by atoms with Crippen LogP contribution in [0.5, 0.6) is 0 Å². The minimum absolute atomic E-state index is 0.209. The number of aryl methyl sites for hydroxylation is 1. The molecule has 0 radical (unpaired) electrons. The molecule has 1 heterocycles. The van der Waals surface area contributed by atoms with Gasteiger partial charge in [0.05, 0.1) is 0 Å². The topological polar surface area (TPSA) is 41.5 Å². The quantitative estimate of drug-likeness (QED) is 0.813. The van der Waals surface area contributed by atoms with Gasteiger partial charge in [0.1, 0.15) is 6.04 Å². The standard InChI is InChI=1S/C15H22N2O/c1-5-11-8-13-14(9-12(11)10(2)17-18)16-7-6-15(13,3)4/h8-10,16H,5-7H2,1-4H3. The molecule has 3 nitrogen and oxygen atoms in total. The maximum atomic E-state index is 10.8. The average molecular weight is 246 g/mol. The molecular weight excluding hydrogens is 224 g/mol. The molecule has 18 heavy (non-hydrogen) atoms. The first-order valence-corrected chi connectivity index (χ1v) is 6.73. The second kappa shape index (κ2) is 4.71. The van der Waals surface area contributed by atoms with E-state index in [1.165, 1.54) is 16.8 Å². The normalized spacial score (nSPS) is 18.7. The van der Waals surface area contributed by atoms with E-state index in [0.29, 0.717) is 0 Å². The fourth-order valence-corrected chi connectivity index (χ4v) is 2.76. The zero-order valence-corrected chi connectivity index (χ0v) is 11.7. The van der Waals surface area contributed by atoms with Crippen molar-refractivity contribution in [2.24, 2.45) is 5.18 Å². The fraction of sp³-hybridized carbons (Fsp3) is 0.600. The van der Waals surface area contributed by atoms with Gasteiger partial charge >= 0.3 is 0 Å². The lowest BCUT2D eigenvalue weighted by Gasteiger charge is -2.34. The monoisotopic (exact) mass is 246 g/mol. The molecule has 0 amide bonds. The highest BCUT2D eigenvalue weighted by Crippen LogP contribution is 2.39. The van der Waals surface area contributed by atoms with Crippen LogP contribution in [0, 0.1) is 4.91 Å². The van der Waals surface area contributed by atoms with Crippen molar-refractivity contribution >= 4 is 5.69 Å².